The topological polar surface area (TPSA) is 24.5 Å². The summed E-state index contributed by atoms with van der Waals surface area (Å²) in [5.74, 6) is 0. The van der Waals surface area contributed by atoms with Crippen LogP contribution < -0.4 is 5.32 Å². The lowest BCUT2D eigenvalue weighted by Gasteiger charge is -2.44. The van der Waals surface area contributed by atoms with Crippen LogP contribution in [-0.2, 0) is 4.74 Å². The third-order valence-electron chi connectivity index (χ3n) is 2.82. The van der Waals surface area contributed by atoms with Crippen molar-refractivity contribution in [2.45, 2.75) is 38.8 Å². The Balaban J connectivity index is 2.50. The van der Waals surface area contributed by atoms with Crippen LogP contribution in [0.25, 0.3) is 0 Å². The van der Waals surface area contributed by atoms with Gasteiger partial charge in [-0.2, -0.15) is 0 Å². The van der Waals surface area contributed by atoms with Gasteiger partial charge in [0.25, 0.3) is 0 Å². The average molecular weight is 200 g/mol. The van der Waals surface area contributed by atoms with E-state index in [1.54, 1.807) is 0 Å². The molecule has 0 aliphatic carbocycles. The Hall–Kier alpha value is -0.120. The Morgan fingerprint density at radius 3 is 2.71 bits per heavy atom. The van der Waals surface area contributed by atoms with E-state index in [1.165, 1.54) is 6.42 Å². The summed E-state index contributed by atoms with van der Waals surface area (Å²) in [6.45, 7) is 10.8. The molecule has 1 fully saturated rings. The second-order valence-electron chi connectivity index (χ2n) is 4.99. The molecule has 0 radical (unpaired) electrons. The van der Waals surface area contributed by atoms with Crippen molar-refractivity contribution in [3.8, 4) is 0 Å². The Bertz CT molecular complexity index is 165. The molecule has 1 aliphatic heterocycles. The molecular formula is C11H24N2O. The molecule has 0 aromatic carbocycles. The van der Waals surface area contributed by atoms with Crippen LogP contribution >= 0.6 is 0 Å². The number of hydrogen-bond acceptors (Lipinski definition) is 3. The fourth-order valence-electron chi connectivity index (χ4n) is 2.09. The van der Waals surface area contributed by atoms with Crippen LogP contribution in [0, 0.1) is 0 Å². The highest BCUT2D eigenvalue weighted by molar-refractivity contribution is 4.85. The van der Waals surface area contributed by atoms with Crippen molar-refractivity contribution in [1.29, 1.82) is 0 Å². The minimum atomic E-state index is 0.266. The van der Waals surface area contributed by atoms with Gasteiger partial charge in [0, 0.05) is 18.1 Å². The highest BCUT2D eigenvalue weighted by Crippen LogP contribution is 2.21. The van der Waals surface area contributed by atoms with E-state index in [-0.39, 0.29) is 5.54 Å². The molecule has 1 saturated heterocycles. The molecular weight excluding hydrogens is 176 g/mol. The predicted octanol–water partition coefficient (Wildman–Crippen LogP) is 1.10. The quantitative estimate of drug-likeness (QED) is 0.738. The molecule has 0 saturated carbocycles. The lowest BCUT2D eigenvalue weighted by molar-refractivity contribution is -0.0512. The zero-order chi connectivity index (χ0) is 10.6. The molecule has 0 amide bonds. The Morgan fingerprint density at radius 2 is 2.14 bits per heavy atom. The van der Waals surface area contributed by atoms with E-state index >= 15 is 0 Å². The van der Waals surface area contributed by atoms with Gasteiger partial charge in [0.1, 0.15) is 0 Å². The molecule has 84 valence electrons. The molecule has 0 aromatic rings. The molecule has 1 heterocycles. The summed E-state index contributed by atoms with van der Waals surface area (Å²) in [6.07, 6.45) is 1.17. The van der Waals surface area contributed by atoms with Crippen molar-refractivity contribution in [2.75, 3.05) is 33.4 Å². The zero-order valence-corrected chi connectivity index (χ0v) is 9.97. The largest absolute Gasteiger partial charge is 0.378 e. The van der Waals surface area contributed by atoms with Gasteiger partial charge in [-0.15, -0.1) is 0 Å². The Labute approximate surface area is 87.8 Å². The van der Waals surface area contributed by atoms with Gasteiger partial charge in [0.2, 0.25) is 0 Å². The van der Waals surface area contributed by atoms with Gasteiger partial charge in [0.15, 0.2) is 0 Å². The van der Waals surface area contributed by atoms with E-state index < -0.39 is 0 Å². The van der Waals surface area contributed by atoms with Gasteiger partial charge in [-0.05, 0) is 40.8 Å². The first-order chi connectivity index (χ1) is 6.55. The van der Waals surface area contributed by atoms with Crippen LogP contribution in [0.5, 0.6) is 0 Å². The first kappa shape index (κ1) is 12.0. The van der Waals surface area contributed by atoms with Crippen molar-refractivity contribution >= 4 is 0 Å². The Kier molecular flexibility index (Phi) is 4.35. The molecule has 14 heavy (non-hydrogen) atoms. The van der Waals surface area contributed by atoms with Crippen LogP contribution in [0.3, 0.4) is 0 Å². The fourth-order valence-corrected chi connectivity index (χ4v) is 2.09. The molecule has 0 bridgehead atoms. The molecule has 0 aromatic heterocycles. The lowest BCUT2D eigenvalue weighted by Crippen LogP contribution is -2.55. The number of nitrogens with one attached hydrogen (secondary N) is 1. The third kappa shape index (κ3) is 3.23. The van der Waals surface area contributed by atoms with Gasteiger partial charge < -0.3 is 10.1 Å². The summed E-state index contributed by atoms with van der Waals surface area (Å²) >= 11 is 0. The monoisotopic (exact) mass is 200 g/mol. The predicted molar refractivity (Wildman–Crippen MR) is 59.6 cm³/mol. The number of ether oxygens (including phenoxy) is 1. The maximum absolute atomic E-state index is 5.54. The van der Waals surface area contributed by atoms with Crippen LogP contribution in [0.15, 0.2) is 0 Å². The van der Waals surface area contributed by atoms with Crippen molar-refractivity contribution in [1.82, 2.24) is 10.2 Å². The average Bonchev–Trinajstić information content (AvgIpc) is 2.14. The summed E-state index contributed by atoms with van der Waals surface area (Å²) < 4.78 is 5.54. The molecule has 1 atom stereocenters. The van der Waals surface area contributed by atoms with Crippen molar-refractivity contribution in [2.24, 2.45) is 0 Å². The van der Waals surface area contributed by atoms with Crippen LogP contribution in [0.2, 0.25) is 0 Å². The Morgan fingerprint density at radius 1 is 1.43 bits per heavy atom. The van der Waals surface area contributed by atoms with Crippen molar-refractivity contribution in [3.05, 3.63) is 0 Å². The number of nitrogens with zero attached hydrogens (tertiary/aromatic N) is 1. The molecule has 0 spiro atoms. The van der Waals surface area contributed by atoms with Crippen LogP contribution in [-0.4, -0.2) is 49.8 Å². The summed E-state index contributed by atoms with van der Waals surface area (Å²) in [7, 11) is 2.01. The van der Waals surface area contributed by atoms with E-state index in [0.717, 1.165) is 26.3 Å². The molecule has 1 aliphatic rings. The van der Waals surface area contributed by atoms with Crippen LogP contribution in [0.4, 0.5) is 0 Å². The van der Waals surface area contributed by atoms with E-state index in [9.17, 15) is 0 Å². The highest BCUT2D eigenvalue weighted by atomic mass is 16.5. The minimum absolute atomic E-state index is 0.266. The number of rotatable bonds is 3. The van der Waals surface area contributed by atoms with Crippen molar-refractivity contribution < 1.29 is 4.74 Å². The zero-order valence-electron chi connectivity index (χ0n) is 9.97. The van der Waals surface area contributed by atoms with E-state index in [2.05, 4.69) is 31.0 Å². The van der Waals surface area contributed by atoms with Gasteiger partial charge in [0.05, 0.1) is 13.2 Å². The van der Waals surface area contributed by atoms with Crippen LogP contribution in [0.1, 0.15) is 27.2 Å². The molecule has 1 unspecified atom stereocenters. The van der Waals surface area contributed by atoms with Gasteiger partial charge >= 0.3 is 0 Å². The SMILES string of the molecule is CNCCC1COCCN1C(C)(C)C. The van der Waals surface area contributed by atoms with E-state index in [1.807, 2.05) is 7.05 Å². The number of morpholine rings is 1. The maximum atomic E-state index is 5.54. The maximum Gasteiger partial charge on any atom is 0.0623 e. The first-order valence-electron chi connectivity index (χ1n) is 5.55. The summed E-state index contributed by atoms with van der Waals surface area (Å²) in [5, 5.41) is 3.20. The van der Waals surface area contributed by atoms with Gasteiger partial charge in [-0.25, -0.2) is 0 Å². The highest BCUT2D eigenvalue weighted by Gasteiger charge is 2.30. The second kappa shape index (κ2) is 5.10. The summed E-state index contributed by atoms with van der Waals surface area (Å²) in [6, 6.07) is 0.580. The molecule has 1 N–H and O–H groups in total. The van der Waals surface area contributed by atoms with Crippen molar-refractivity contribution in [3.63, 3.8) is 0 Å². The lowest BCUT2D eigenvalue weighted by atomic mass is 10.0. The fraction of sp³-hybridized carbons (Fsp3) is 1.00. The smallest absolute Gasteiger partial charge is 0.0623 e. The minimum Gasteiger partial charge on any atom is -0.378 e. The second-order valence-corrected chi connectivity index (χ2v) is 4.99. The van der Waals surface area contributed by atoms with Gasteiger partial charge in [-0.3, -0.25) is 4.90 Å². The number of hydrogen-bond donors (Lipinski definition) is 1. The standard InChI is InChI=1S/C11H24N2O/c1-11(2,3)13-7-8-14-9-10(13)5-6-12-4/h10,12H,5-9H2,1-4H3. The van der Waals surface area contributed by atoms with E-state index in [4.69, 9.17) is 4.74 Å². The third-order valence-corrected chi connectivity index (χ3v) is 2.82. The molecule has 3 heteroatoms. The summed E-state index contributed by atoms with van der Waals surface area (Å²) in [4.78, 5) is 2.56. The molecule has 1 rings (SSSR count). The molecule has 3 nitrogen and oxygen atoms in total. The first-order valence-corrected chi connectivity index (χ1v) is 5.55. The van der Waals surface area contributed by atoms with E-state index in [0.29, 0.717) is 6.04 Å². The normalized spacial score (nSPS) is 25.3. The van der Waals surface area contributed by atoms with Gasteiger partial charge in [-0.1, -0.05) is 0 Å². The summed E-state index contributed by atoms with van der Waals surface area (Å²) in [5.41, 5.74) is 0.266.